The fourth-order valence-corrected chi connectivity index (χ4v) is 2.78. The van der Waals surface area contributed by atoms with E-state index in [-0.39, 0.29) is 11.2 Å². The molecule has 2 nitrogen and oxygen atoms in total. The van der Waals surface area contributed by atoms with Gasteiger partial charge in [-0.1, -0.05) is 26.6 Å². The fourth-order valence-electron chi connectivity index (χ4n) is 1.08. The molecule has 0 aliphatic heterocycles. The van der Waals surface area contributed by atoms with Crippen molar-refractivity contribution in [3.05, 3.63) is 0 Å². The molecule has 1 unspecified atom stereocenters. The van der Waals surface area contributed by atoms with Crippen LogP contribution in [0, 0.1) is 0 Å². The van der Waals surface area contributed by atoms with Crippen molar-refractivity contribution in [2.24, 2.45) is 0 Å². The Morgan fingerprint density at radius 2 is 1.92 bits per heavy atom. The smallest absolute Gasteiger partial charge is 0.202 e. The van der Waals surface area contributed by atoms with Crippen molar-refractivity contribution in [3.63, 3.8) is 0 Å². The minimum Gasteiger partial charge on any atom is -0.317 e. The van der Waals surface area contributed by atoms with Crippen LogP contribution in [0.4, 0.5) is 0 Å². The summed E-state index contributed by atoms with van der Waals surface area (Å²) in [5, 5.41) is -0.0116. The van der Waals surface area contributed by atoms with Crippen molar-refractivity contribution in [2.75, 3.05) is 7.05 Å². The van der Waals surface area contributed by atoms with Crippen molar-refractivity contribution >= 4 is 26.0 Å². The fraction of sp³-hybridized carbons (Fsp3) is 0.875. The minimum absolute atomic E-state index is 0.000000000000000444. The van der Waals surface area contributed by atoms with E-state index in [1.165, 1.54) is 0 Å². The molecule has 0 rings (SSSR count). The van der Waals surface area contributed by atoms with Gasteiger partial charge in [0.25, 0.3) is 0 Å². The van der Waals surface area contributed by atoms with Gasteiger partial charge < -0.3 is 4.57 Å². The van der Waals surface area contributed by atoms with Crippen LogP contribution in [0.5, 0.6) is 0 Å². The second kappa shape index (κ2) is 4.44. The van der Waals surface area contributed by atoms with E-state index in [2.05, 4.69) is 36.8 Å². The van der Waals surface area contributed by atoms with Gasteiger partial charge in [0, 0.05) is 0 Å². The van der Waals surface area contributed by atoms with Crippen molar-refractivity contribution in [2.45, 2.75) is 39.0 Å². The van der Waals surface area contributed by atoms with E-state index in [1.807, 2.05) is 14.0 Å². The number of thiol groups is 1. The normalized spacial score (nSPS) is 14.9. The van der Waals surface area contributed by atoms with E-state index < -0.39 is 8.24 Å². The predicted molar refractivity (Wildman–Crippen MR) is 59.2 cm³/mol. The molecule has 12 heavy (non-hydrogen) atoms. The van der Waals surface area contributed by atoms with Crippen LogP contribution >= 0.6 is 12.6 Å². The monoisotopic (exact) mass is 205 g/mol. The number of carbonyl (C=O) groups is 1. The Balaban J connectivity index is 4.42. The molecule has 0 N–H and O–H groups in total. The van der Waals surface area contributed by atoms with Crippen LogP contribution in [0.2, 0.25) is 19.6 Å². The average Bonchev–Trinajstić information content (AvgIpc) is 1.86. The summed E-state index contributed by atoms with van der Waals surface area (Å²) in [6, 6.07) is -0.000000000000000444. The number of rotatable bonds is 4. The quantitative estimate of drug-likeness (QED) is 0.559. The molecule has 0 aromatic carbocycles. The highest BCUT2D eigenvalue weighted by molar-refractivity contribution is 7.96. The lowest BCUT2D eigenvalue weighted by Gasteiger charge is -2.35. The Bertz CT molecular complexity index is 167. The molecule has 0 aromatic heterocycles. The highest BCUT2D eigenvalue weighted by atomic mass is 32.1. The number of hydrogen-bond donors (Lipinski definition) is 1. The number of nitrogens with zero attached hydrogens (tertiary/aromatic N) is 1. The lowest BCUT2D eigenvalue weighted by atomic mass is 10.2. The molecule has 0 spiro atoms. The van der Waals surface area contributed by atoms with E-state index in [9.17, 15) is 4.79 Å². The Morgan fingerprint density at radius 3 is 2.00 bits per heavy atom. The van der Waals surface area contributed by atoms with Crippen LogP contribution in [-0.2, 0) is 4.79 Å². The van der Waals surface area contributed by atoms with Crippen molar-refractivity contribution < 1.29 is 4.79 Å². The summed E-state index contributed by atoms with van der Waals surface area (Å²) < 4.78 is 2.20. The maximum Gasteiger partial charge on any atom is 0.202 e. The first kappa shape index (κ1) is 12.2. The third-order valence-electron chi connectivity index (χ3n) is 2.20. The van der Waals surface area contributed by atoms with Gasteiger partial charge in [0.2, 0.25) is 5.12 Å². The summed E-state index contributed by atoms with van der Waals surface area (Å²) in [6.07, 6.45) is 0.850. The molecular formula is C8H19NOSSi. The van der Waals surface area contributed by atoms with Gasteiger partial charge in [-0.3, -0.25) is 4.79 Å². The molecule has 0 amide bonds. The molecule has 0 bridgehead atoms. The second-order valence-corrected chi connectivity index (χ2v) is 9.53. The van der Waals surface area contributed by atoms with Crippen LogP contribution in [0.15, 0.2) is 0 Å². The largest absolute Gasteiger partial charge is 0.317 e. The third kappa shape index (κ3) is 3.29. The van der Waals surface area contributed by atoms with Gasteiger partial charge in [0.05, 0.1) is 6.04 Å². The van der Waals surface area contributed by atoms with Gasteiger partial charge in [-0.2, -0.15) is 0 Å². The highest BCUT2D eigenvalue weighted by Crippen LogP contribution is 2.14. The summed E-state index contributed by atoms with van der Waals surface area (Å²) in [5.74, 6) is 0. The third-order valence-corrected chi connectivity index (χ3v) is 4.92. The van der Waals surface area contributed by atoms with E-state index in [0.717, 1.165) is 6.42 Å². The van der Waals surface area contributed by atoms with Crippen LogP contribution in [0.25, 0.3) is 0 Å². The second-order valence-electron chi connectivity index (χ2n) is 4.04. The summed E-state index contributed by atoms with van der Waals surface area (Å²) in [5.41, 5.74) is 0. The average molecular weight is 205 g/mol. The molecule has 0 aliphatic carbocycles. The first-order chi connectivity index (χ1) is 5.30. The number of carbonyl (C=O) groups excluding carboxylic acids is 1. The molecule has 0 heterocycles. The topological polar surface area (TPSA) is 20.3 Å². The summed E-state index contributed by atoms with van der Waals surface area (Å²) >= 11 is 3.89. The van der Waals surface area contributed by atoms with Gasteiger partial charge in [-0.25, -0.2) is 0 Å². The Kier molecular flexibility index (Phi) is 4.51. The predicted octanol–water partition coefficient (Wildman–Crippen LogP) is 1.99. The van der Waals surface area contributed by atoms with Gasteiger partial charge in [0.15, 0.2) is 0 Å². The molecule has 0 saturated heterocycles. The number of likely N-dealkylation sites (N-methyl/N-ethyl adjacent to an activating group) is 1. The zero-order valence-electron chi connectivity index (χ0n) is 8.59. The zero-order chi connectivity index (χ0) is 9.94. The molecule has 0 radical (unpaired) electrons. The lowest BCUT2D eigenvalue weighted by molar-refractivity contribution is -0.114. The molecule has 0 fully saturated rings. The van der Waals surface area contributed by atoms with Crippen LogP contribution in [0.3, 0.4) is 0 Å². The first-order valence-corrected chi connectivity index (χ1v) is 8.16. The highest BCUT2D eigenvalue weighted by Gasteiger charge is 2.28. The summed E-state index contributed by atoms with van der Waals surface area (Å²) in [7, 11) is 0.679. The standard InChI is InChI=1S/C8H19NOSSi/c1-6-7(8(10)11)9(2)12(3,4)5/h7H,6H2,1-5H3,(H,10,11). The van der Waals surface area contributed by atoms with Crippen LogP contribution < -0.4 is 0 Å². The molecule has 0 saturated carbocycles. The van der Waals surface area contributed by atoms with Crippen molar-refractivity contribution in [1.82, 2.24) is 4.57 Å². The lowest BCUT2D eigenvalue weighted by Crippen LogP contribution is -2.51. The minimum atomic E-state index is -1.34. The Morgan fingerprint density at radius 1 is 1.50 bits per heavy atom. The van der Waals surface area contributed by atoms with E-state index in [0.29, 0.717) is 0 Å². The van der Waals surface area contributed by atoms with E-state index in [4.69, 9.17) is 0 Å². The molecule has 4 heteroatoms. The molecular weight excluding hydrogens is 186 g/mol. The Hall–Kier alpha value is 0.197. The van der Waals surface area contributed by atoms with Gasteiger partial charge >= 0.3 is 0 Å². The molecule has 0 aliphatic rings. The maximum atomic E-state index is 11.1. The van der Waals surface area contributed by atoms with Crippen LogP contribution in [-0.4, -0.2) is 31.0 Å². The maximum absolute atomic E-state index is 11.1. The zero-order valence-corrected chi connectivity index (χ0v) is 10.5. The van der Waals surface area contributed by atoms with E-state index >= 15 is 0 Å². The van der Waals surface area contributed by atoms with Gasteiger partial charge in [0.1, 0.15) is 8.24 Å². The SMILES string of the molecule is CCC(C(=O)S)N(C)[Si](C)(C)C. The summed E-state index contributed by atoms with van der Waals surface area (Å²) in [4.78, 5) is 11.1. The van der Waals surface area contributed by atoms with E-state index in [1.54, 1.807) is 0 Å². The first-order valence-electron chi connectivity index (χ1n) is 4.26. The van der Waals surface area contributed by atoms with Crippen molar-refractivity contribution in [1.29, 1.82) is 0 Å². The van der Waals surface area contributed by atoms with Crippen molar-refractivity contribution in [3.8, 4) is 0 Å². The van der Waals surface area contributed by atoms with Gasteiger partial charge in [-0.15, -0.1) is 12.6 Å². The Labute approximate surface area is 81.8 Å². The van der Waals surface area contributed by atoms with Gasteiger partial charge in [-0.05, 0) is 13.5 Å². The summed E-state index contributed by atoms with van der Waals surface area (Å²) in [6.45, 7) is 8.71. The molecule has 72 valence electrons. The molecule has 0 aromatic rings. The molecule has 1 atom stereocenters. The van der Waals surface area contributed by atoms with Crippen LogP contribution in [0.1, 0.15) is 13.3 Å². The number of hydrogen-bond acceptors (Lipinski definition) is 2.